The molecule has 0 aromatic rings. The summed E-state index contributed by atoms with van der Waals surface area (Å²) in [4.78, 5) is 27.2. The third-order valence-corrected chi connectivity index (χ3v) is 0.175. The lowest BCUT2D eigenvalue weighted by atomic mass is 10.7. The van der Waals surface area contributed by atoms with Crippen LogP contribution in [0.3, 0.4) is 0 Å². The highest BCUT2D eigenvalue weighted by atomic mass is 16.4. The van der Waals surface area contributed by atoms with Gasteiger partial charge in [0.05, 0.1) is 0 Å². The Hall–Kier alpha value is -1.85. The molecule has 0 spiro atoms. The number of rotatable bonds is 1. The third kappa shape index (κ3) is 30000. The second kappa shape index (κ2) is 12.8. The summed E-state index contributed by atoms with van der Waals surface area (Å²) in [6.45, 7) is 5.13. The van der Waals surface area contributed by atoms with Gasteiger partial charge in [-0.2, -0.15) is 0 Å². The molecule has 3 N–H and O–H groups in total. The third-order valence-electron chi connectivity index (χ3n) is 0.175. The Kier molecular flexibility index (Phi) is 17.0. The molecule has 0 unspecified atom stereocenters. The first-order valence-electron chi connectivity index (χ1n) is 2.98. The van der Waals surface area contributed by atoms with Crippen LogP contribution >= 0.6 is 0 Å². The molecule has 0 aliphatic carbocycles. The van der Waals surface area contributed by atoms with Gasteiger partial charge < -0.3 is 15.3 Å². The quantitative estimate of drug-likeness (QED) is 0.519. The first-order chi connectivity index (χ1) is 5.73. The van der Waals surface area contributed by atoms with Gasteiger partial charge in [0.15, 0.2) is 0 Å². The van der Waals surface area contributed by atoms with E-state index in [0.717, 1.165) is 19.9 Å². The second-order valence-corrected chi connectivity index (χ2v) is 1.58. The summed E-state index contributed by atoms with van der Waals surface area (Å²) < 4.78 is 0. The topological polar surface area (TPSA) is 112 Å². The van der Waals surface area contributed by atoms with E-state index >= 15 is 0 Å². The zero-order valence-electron chi connectivity index (χ0n) is 7.35. The van der Waals surface area contributed by atoms with Crippen LogP contribution in [0.25, 0.3) is 0 Å². The van der Waals surface area contributed by atoms with Gasteiger partial charge >= 0.3 is 5.97 Å². The Labute approximate surface area is 75.1 Å². The Morgan fingerprint density at radius 1 is 1.00 bits per heavy atom. The molecule has 6 heteroatoms. The largest absolute Gasteiger partial charge is 0.481 e. The van der Waals surface area contributed by atoms with Crippen LogP contribution in [0.15, 0.2) is 12.7 Å². The van der Waals surface area contributed by atoms with Crippen molar-refractivity contribution in [2.45, 2.75) is 13.8 Å². The summed E-state index contributed by atoms with van der Waals surface area (Å²) in [6.07, 6.45) is 0.833. The highest BCUT2D eigenvalue weighted by Crippen LogP contribution is 1.54. The van der Waals surface area contributed by atoms with Gasteiger partial charge in [0.2, 0.25) is 0 Å². The first-order valence-corrected chi connectivity index (χ1v) is 2.98. The maximum Gasteiger partial charge on any atom is 0.327 e. The van der Waals surface area contributed by atoms with E-state index in [1.165, 1.54) is 0 Å². The predicted molar refractivity (Wildman–Crippen MR) is 44.5 cm³/mol. The van der Waals surface area contributed by atoms with E-state index in [9.17, 15) is 4.79 Å². The SMILES string of the molecule is C=CC(=O)O.CC(=O)O.CC(=O)O. The fourth-order valence-electron chi connectivity index (χ4n) is 0. The van der Waals surface area contributed by atoms with Crippen molar-refractivity contribution >= 4 is 17.9 Å². The normalized spacial score (nSPS) is 6.31. The first kappa shape index (κ1) is 17.3. The highest BCUT2D eigenvalue weighted by molar-refractivity contribution is 5.78. The number of hydrogen-bond donors (Lipinski definition) is 3. The smallest absolute Gasteiger partial charge is 0.327 e. The van der Waals surface area contributed by atoms with Crippen molar-refractivity contribution in [1.29, 1.82) is 0 Å². The van der Waals surface area contributed by atoms with Crippen molar-refractivity contribution in [2.24, 2.45) is 0 Å². The lowest BCUT2D eigenvalue weighted by Crippen LogP contribution is -1.82. The molecule has 0 aliphatic rings. The summed E-state index contributed by atoms with van der Waals surface area (Å²) in [5.41, 5.74) is 0. The molecule has 0 rings (SSSR count). The number of carbonyl (C=O) groups is 3. The molecule has 0 heterocycles. The van der Waals surface area contributed by atoms with Gasteiger partial charge in [0.25, 0.3) is 11.9 Å². The number of carboxylic acids is 3. The minimum Gasteiger partial charge on any atom is -0.481 e. The summed E-state index contributed by atoms with van der Waals surface area (Å²) in [5, 5.41) is 22.4. The average Bonchev–Trinajstić information content (AvgIpc) is 1.84. The minimum atomic E-state index is -0.981. The van der Waals surface area contributed by atoms with Gasteiger partial charge in [-0.05, 0) is 0 Å². The molecule has 0 aliphatic heterocycles. The zero-order chi connectivity index (χ0) is 11.4. The van der Waals surface area contributed by atoms with Gasteiger partial charge in [-0.25, -0.2) is 4.79 Å². The molecule has 0 radical (unpaired) electrons. The fourth-order valence-corrected chi connectivity index (χ4v) is 0. The Balaban J connectivity index is -0.000000117. The molecule has 0 aromatic carbocycles. The monoisotopic (exact) mass is 192 g/mol. The Morgan fingerprint density at radius 2 is 1.08 bits per heavy atom. The maximum absolute atomic E-state index is 9.25. The van der Waals surface area contributed by atoms with Gasteiger partial charge in [-0.15, -0.1) is 0 Å². The van der Waals surface area contributed by atoms with Crippen LogP contribution in [0.2, 0.25) is 0 Å². The molecule has 0 bridgehead atoms. The van der Waals surface area contributed by atoms with Gasteiger partial charge in [0.1, 0.15) is 0 Å². The van der Waals surface area contributed by atoms with Crippen LogP contribution in [-0.2, 0) is 14.4 Å². The van der Waals surface area contributed by atoms with Gasteiger partial charge in [-0.3, -0.25) is 9.59 Å². The molecular weight excluding hydrogens is 180 g/mol. The molecule has 0 atom stereocenters. The molecular formula is C7H12O6. The van der Waals surface area contributed by atoms with Crippen molar-refractivity contribution < 1.29 is 29.7 Å². The summed E-state index contributed by atoms with van der Waals surface area (Å²) in [5.74, 6) is -2.65. The van der Waals surface area contributed by atoms with E-state index in [0.29, 0.717) is 0 Å². The van der Waals surface area contributed by atoms with E-state index in [2.05, 4.69) is 6.58 Å². The van der Waals surface area contributed by atoms with Crippen LogP contribution in [0, 0.1) is 0 Å². The highest BCUT2D eigenvalue weighted by Gasteiger charge is 1.73. The maximum atomic E-state index is 9.25. The molecule has 0 aromatic heterocycles. The van der Waals surface area contributed by atoms with E-state index in [4.69, 9.17) is 24.9 Å². The van der Waals surface area contributed by atoms with Crippen molar-refractivity contribution in [3.63, 3.8) is 0 Å². The van der Waals surface area contributed by atoms with Crippen LogP contribution in [0.4, 0.5) is 0 Å². The van der Waals surface area contributed by atoms with Gasteiger partial charge in [0, 0.05) is 19.9 Å². The second-order valence-electron chi connectivity index (χ2n) is 1.58. The summed E-state index contributed by atoms with van der Waals surface area (Å²) in [6, 6.07) is 0. The molecule has 0 fully saturated rings. The summed E-state index contributed by atoms with van der Waals surface area (Å²) in [7, 11) is 0. The van der Waals surface area contributed by atoms with Crippen LogP contribution in [-0.4, -0.2) is 33.2 Å². The van der Waals surface area contributed by atoms with E-state index in [1.807, 2.05) is 0 Å². The number of carboxylic acid groups (broad SMARTS) is 3. The molecule has 13 heavy (non-hydrogen) atoms. The Morgan fingerprint density at radius 3 is 1.08 bits per heavy atom. The summed E-state index contributed by atoms with van der Waals surface area (Å²) >= 11 is 0. The minimum absolute atomic E-state index is 0.833. The van der Waals surface area contributed by atoms with Crippen LogP contribution < -0.4 is 0 Å². The van der Waals surface area contributed by atoms with Crippen LogP contribution in [0.1, 0.15) is 13.8 Å². The van der Waals surface area contributed by atoms with Gasteiger partial charge in [-0.1, -0.05) is 6.58 Å². The number of aliphatic carboxylic acids is 3. The standard InChI is InChI=1S/C3H4O2.2C2H4O2/c1-2-3(4)5;2*1-2(3)4/h2H,1H2,(H,4,5);2*1H3,(H,3,4). The van der Waals surface area contributed by atoms with Crippen molar-refractivity contribution in [3.05, 3.63) is 12.7 Å². The lowest BCUT2D eigenvalue weighted by Gasteiger charge is -1.64. The van der Waals surface area contributed by atoms with Crippen molar-refractivity contribution in [3.8, 4) is 0 Å². The van der Waals surface area contributed by atoms with E-state index in [1.54, 1.807) is 0 Å². The predicted octanol–water partition coefficient (Wildman–Crippen LogP) is 0.439. The number of hydrogen-bond acceptors (Lipinski definition) is 3. The fraction of sp³-hybridized carbons (Fsp3) is 0.286. The van der Waals surface area contributed by atoms with Crippen LogP contribution in [0.5, 0.6) is 0 Å². The Bertz CT molecular complexity index is 163. The lowest BCUT2D eigenvalue weighted by molar-refractivity contribution is -0.135. The van der Waals surface area contributed by atoms with E-state index in [-0.39, 0.29) is 0 Å². The molecule has 6 nitrogen and oxygen atoms in total. The van der Waals surface area contributed by atoms with E-state index < -0.39 is 17.9 Å². The molecule has 0 saturated heterocycles. The molecule has 0 saturated carbocycles. The zero-order valence-corrected chi connectivity index (χ0v) is 7.35. The molecule has 0 amide bonds. The molecule has 76 valence electrons. The van der Waals surface area contributed by atoms with Crippen molar-refractivity contribution in [1.82, 2.24) is 0 Å². The van der Waals surface area contributed by atoms with Crippen molar-refractivity contribution in [2.75, 3.05) is 0 Å². The average molecular weight is 192 g/mol.